The molecule has 0 aliphatic heterocycles. The number of nitrogens with two attached hydrogens (primary N) is 1. The Morgan fingerprint density at radius 1 is 0.438 bits per heavy atom. The van der Waals surface area contributed by atoms with Crippen LogP contribution in [0.2, 0.25) is 0 Å². The van der Waals surface area contributed by atoms with Gasteiger partial charge < -0.3 is 29.4 Å². The first-order valence-electron chi connectivity index (χ1n) is 12.9. The van der Waals surface area contributed by atoms with Gasteiger partial charge in [0.25, 0.3) is 0 Å². The molecule has 0 spiro atoms. The van der Waals surface area contributed by atoms with Crippen LogP contribution in [0.1, 0.15) is 61.3 Å². The molecule has 0 rings (SSSR count). The molecule has 0 fully saturated rings. The van der Waals surface area contributed by atoms with E-state index in [-0.39, 0.29) is 0 Å². The van der Waals surface area contributed by atoms with Crippen LogP contribution in [0.3, 0.4) is 0 Å². The highest BCUT2D eigenvalue weighted by molar-refractivity contribution is 4.57. The minimum atomic E-state index is 0.378. The molecule has 194 valence electrons. The second-order valence-electron chi connectivity index (χ2n) is 10.3. The van der Waals surface area contributed by atoms with Crippen LogP contribution in [-0.4, -0.2) is 72.6 Å². The highest BCUT2D eigenvalue weighted by atomic mass is 16.5. The minimum Gasteiger partial charge on any atom is -0.381 e. The second kappa shape index (κ2) is 21.3. The third-order valence-electron chi connectivity index (χ3n) is 5.38. The van der Waals surface area contributed by atoms with Crippen LogP contribution in [0.15, 0.2) is 0 Å². The Bertz CT molecular complexity index is 398. The zero-order valence-corrected chi connectivity index (χ0v) is 22.3. The molecule has 0 bridgehead atoms. The van der Waals surface area contributed by atoms with Gasteiger partial charge in [0.2, 0.25) is 0 Å². The molecule has 0 heterocycles. The van der Waals surface area contributed by atoms with E-state index in [2.05, 4.69) is 48.5 Å². The fraction of sp³-hybridized carbons (Fsp3) is 1.00. The summed E-state index contributed by atoms with van der Waals surface area (Å²) in [6, 6.07) is 0. The van der Waals surface area contributed by atoms with Gasteiger partial charge in [-0.15, -0.1) is 0 Å². The summed E-state index contributed by atoms with van der Waals surface area (Å²) in [5.41, 5.74) is 5.57. The van der Waals surface area contributed by atoms with Gasteiger partial charge in [0.05, 0.1) is 52.9 Å². The molecular weight excluding hydrogens is 406 g/mol. The summed E-state index contributed by atoms with van der Waals surface area (Å²) >= 11 is 0. The van der Waals surface area contributed by atoms with E-state index in [1.807, 2.05) is 0 Å². The molecule has 0 aliphatic rings. The summed E-state index contributed by atoms with van der Waals surface area (Å²) < 4.78 is 29.1. The van der Waals surface area contributed by atoms with Crippen molar-refractivity contribution >= 4 is 0 Å². The highest BCUT2D eigenvalue weighted by Crippen LogP contribution is 2.07. The number of rotatable bonds is 23. The van der Waals surface area contributed by atoms with Crippen molar-refractivity contribution < 1.29 is 23.7 Å². The van der Waals surface area contributed by atoms with E-state index in [4.69, 9.17) is 29.4 Å². The van der Waals surface area contributed by atoms with Crippen molar-refractivity contribution in [3.05, 3.63) is 0 Å². The maximum atomic E-state index is 5.87. The van der Waals surface area contributed by atoms with Crippen LogP contribution in [0.25, 0.3) is 0 Å². The van der Waals surface area contributed by atoms with Crippen LogP contribution in [0.5, 0.6) is 0 Å². The van der Waals surface area contributed by atoms with Crippen molar-refractivity contribution in [1.82, 2.24) is 0 Å². The maximum Gasteiger partial charge on any atom is 0.0513 e. The predicted molar refractivity (Wildman–Crippen MR) is 133 cm³/mol. The zero-order valence-electron chi connectivity index (χ0n) is 22.3. The van der Waals surface area contributed by atoms with Crippen molar-refractivity contribution in [3.8, 4) is 0 Å². The summed E-state index contributed by atoms with van der Waals surface area (Å²) in [7, 11) is 0. The van der Waals surface area contributed by atoms with Crippen LogP contribution >= 0.6 is 0 Å². The third kappa shape index (κ3) is 20.4. The zero-order chi connectivity index (χ0) is 24.2. The molecule has 2 N–H and O–H groups in total. The number of ether oxygens (including phenoxy) is 5. The Labute approximate surface area is 199 Å². The lowest BCUT2D eigenvalue weighted by atomic mass is 10.1. The Morgan fingerprint density at radius 3 is 0.938 bits per heavy atom. The van der Waals surface area contributed by atoms with E-state index in [9.17, 15) is 0 Å². The van der Waals surface area contributed by atoms with E-state index in [0.29, 0.717) is 55.3 Å². The molecule has 0 radical (unpaired) electrons. The molecule has 0 aliphatic carbocycles. The Balaban J connectivity index is 3.61. The quantitative estimate of drug-likeness (QED) is 0.239. The average Bonchev–Trinajstić information content (AvgIpc) is 2.73. The highest BCUT2D eigenvalue weighted by Gasteiger charge is 2.10. The van der Waals surface area contributed by atoms with Gasteiger partial charge in [0.1, 0.15) is 0 Å². The molecule has 6 atom stereocenters. The summed E-state index contributed by atoms with van der Waals surface area (Å²) in [4.78, 5) is 0. The molecule has 0 aromatic heterocycles. The van der Waals surface area contributed by atoms with Crippen molar-refractivity contribution in [2.75, 3.05) is 72.6 Å². The SMILES string of the molecule is CCC(C)COCC(C)COCC(C)COCC(C)COCC(C)COCC(C)CCN. The molecule has 32 heavy (non-hydrogen) atoms. The van der Waals surface area contributed by atoms with E-state index in [0.717, 1.165) is 65.6 Å². The van der Waals surface area contributed by atoms with Crippen LogP contribution in [-0.2, 0) is 23.7 Å². The van der Waals surface area contributed by atoms with Crippen LogP contribution in [0, 0.1) is 35.5 Å². The van der Waals surface area contributed by atoms with E-state index in [1.54, 1.807) is 0 Å². The van der Waals surface area contributed by atoms with Gasteiger partial charge in [0, 0.05) is 36.9 Å². The molecule has 0 saturated carbocycles. The van der Waals surface area contributed by atoms with Gasteiger partial charge in [-0.25, -0.2) is 0 Å². The summed E-state index contributed by atoms with van der Waals surface area (Å²) in [6.45, 7) is 23.4. The monoisotopic (exact) mass is 461 g/mol. The molecule has 0 aromatic carbocycles. The summed E-state index contributed by atoms with van der Waals surface area (Å²) in [5.74, 6) is 2.74. The Hall–Kier alpha value is -0.240. The standard InChI is InChI=1S/C26H55NO5/c1-8-21(2)11-28-13-23(4)15-30-17-25(6)19-32-20-26(7)18-31-16-24(5)14-29-12-22(3)9-10-27/h21-26H,8-20,27H2,1-7H3. The second-order valence-corrected chi connectivity index (χ2v) is 10.3. The van der Waals surface area contributed by atoms with Crippen LogP contribution in [0.4, 0.5) is 0 Å². The largest absolute Gasteiger partial charge is 0.381 e. The van der Waals surface area contributed by atoms with Gasteiger partial charge >= 0.3 is 0 Å². The molecule has 0 saturated heterocycles. The fourth-order valence-corrected chi connectivity index (χ4v) is 3.03. The maximum absolute atomic E-state index is 5.87. The Kier molecular flexibility index (Phi) is 21.1. The molecule has 6 heteroatoms. The first-order valence-corrected chi connectivity index (χ1v) is 12.9. The van der Waals surface area contributed by atoms with Gasteiger partial charge in [-0.2, -0.15) is 0 Å². The van der Waals surface area contributed by atoms with Crippen molar-refractivity contribution in [3.63, 3.8) is 0 Å². The molecule has 0 amide bonds. The smallest absolute Gasteiger partial charge is 0.0513 e. The summed E-state index contributed by atoms with van der Waals surface area (Å²) in [5, 5.41) is 0. The molecule has 6 unspecified atom stereocenters. The number of hydrogen-bond donors (Lipinski definition) is 1. The van der Waals surface area contributed by atoms with Crippen molar-refractivity contribution in [1.29, 1.82) is 0 Å². The van der Waals surface area contributed by atoms with Crippen molar-refractivity contribution in [2.45, 2.75) is 61.3 Å². The minimum absolute atomic E-state index is 0.378. The fourth-order valence-electron chi connectivity index (χ4n) is 3.03. The molecular formula is C26H55NO5. The lowest BCUT2D eigenvalue weighted by molar-refractivity contribution is -0.00930. The van der Waals surface area contributed by atoms with Gasteiger partial charge in [-0.3, -0.25) is 0 Å². The van der Waals surface area contributed by atoms with E-state index < -0.39 is 0 Å². The van der Waals surface area contributed by atoms with E-state index >= 15 is 0 Å². The molecule has 0 aromatic rings. The first-order chi connectivity index (χ1) is 15.3. The number of hydrogen-bond acceptors (Lipinski definition) is 6. The lowest BCUT2D eigenvalue weighted by Gasteiger charge is -2.19. The Morgan fingerprint density at radius 2 is 0.688 bits per heavy atom. The molecule has 6 nitrogen and oxygen atoms in total. The van der Waals surface area contributed by atoms with Crippen LogP contribution < -0.4 is 5.73 Å². The van der Waals surface area contributed by atoms with Gasteiger partial charge in [-0.05, 0) is 24.8 Å². The first kappa shape index (κ1) is 31.8. The lowest BCUT2D eigenvalue weighted by Crippen LogP contribution is -2.22. The third-order valence-corrected chi connectivity index (χ3v) is 5.38. The van der Waals surface area contributed by atoms with Gasteiger partial charge in [-0.1, -0.05) is 54.9 Å². The van der Waals surface area contributed by atoms with E-state index in [1.165, 1.54) is 0 Å². The average molecular weight is 462 g/mol. The normalized spacial score (nSPS) is 17.6. The van der Waals surface area contributed by atoms with Crippen molar-refractivity contribution in [2.24, 2.45) is 41.2 Å². The summed E-state index contributed by atoms with van der Waals surface area (Å²) in [6.07, 6.45) is 2.18. The predicted octanol–water partition coefficient (Wildman–Crippen LogP) is 4.64. The van der Waals surface area contributed by atoms with Gasteiger partial charge in [0.15, 0.2) is 0 Å². The topological polar surface area (TPSA) is 72.2 Å².